The summed E-state index contributed by atoms with van der Waals surface area (Å²) in [5.41, 5.74) is 2.24. The molecule has 1 fully saturated rings. The second kappa shape index (κ2) is 7.68. The third-order valence-corrected chi connectivity index (χ3v) is 5.42. The van der Waals surface area contributed by atoms with Crippen molar-refractivity contribution in [2.24, 2.45) is 5.14 Å². The van der Waals surface area contributed by atoms with Gasteiger partial charge in [-0.15, -0.1) is 0 Å². The van der Waals surface area contributed by atoms with Gasteiger partial charge in [-0.2, -0.15) is 8.42 Å². The summed E-state index contributed by atoms with van der Waals surface area (Å²) in [6.07, 6.45) is -2.18. The van der Waals surface area contributed by atoms with Gasteiger partial charge in [0.05, 0.1) is 12.9 Å². The molecule has 3 heterocycles. The first-order valence-electron chi connectivity index (χ1n) is 8.37. The minimum Gasteiger partial charge on any atom is -0.387 e. The summed E-state index contributed by atoms with van der Waals surface area (Å²) in [5.74, 6) is 0. The fourth-order valence-electron chi connectivity index (χ4n) is 3.14. The molecule has 154 valence electrons. The maximum absolute atomic E-state index is 11.0. The van der Waals surface area contributed by atoms with E-state index in [4.69, 9.17) is 9.88 Å². The first-order chi connectivity index (χ1) is 13.7. The van der Waals surface area contributed by atoms with Crippen LogP contribution in [-0.2, 0) is 19.2 Å². The zero-order chi connectivity index (χ0) is 20.8. The van der Waals surface area contributed by atoms with E-state index in [0.717, 1.165) is 10.0 Å². The first-order valence-corrected chi connectivity index (χ1v) is 10.6. The highest BCUT2D eigenvalue weighted by molar-refractivity contribution is 9.10. The number of halogens is 1. The van der Waals surface area contributed by atoms with Crippen molar-refractivity contribution in [3.63, 3.8) is 0 Å². The normalized spacial score (nSPS) is 25.0. The number of hydrogen-bond donors (Lipinski definition) is 3. The number of ether oxygens (including phenoxy) is 1. The molecule has 0 aliphatic carbocycles. The van der Waals surface area contributed by atoms with Crippen LogP contribution in [0.4, 0.5) is 0 Å². The number of aliphatic hydroxyl groups excluding tert-OH is 2. The molecule has 1 aromatic carbocycles. The Balaban J connectivity index is 1.67. The number of hydrogen-bond acceptors (Lipinski definition) is 9. The molecule has 11 nitrogen and oxygen atoms in total. The summed E-state index contributed by atoms with van der Waals surface area (Å²) < 4.78 is 34.4. The lowest BCUT2D eigenvalue weighted by Crippen LogP contribution is -2.35. The first kappa shape index (κ1) is 20.3. The number of benzene rings is 1. The van der Waals surface area contributed by atoms with Crippen molar-refractivity contribution >= 4 is 37.4 Å². The lowest BCUT2D eigenvalue weighted by molar-refractivity contribution is -0.0467. The molecule has 1 aliphatic rings. The number of nitrogens with zero attached hydrogens (tertiary/aromatic N) is 4. The van der Waals surface area contributed by atoms with E-state index in [1.165, 1.54) is 17.2 Å². The van der Waals surface area contributed by atoms with Crippen LogP contribution in [0.15, 0.2) is 41.4 Å². The summed E-state index contributed by atoms with van der Waals surface area (Å²) in [6, 6.07) is 7.50. The molecule has 0 radical (unpaired) electrons. The predicted molar refractivity (Wildman–Crippen MR) is 103 cm³/mol. The van der Waals surface area contributed by atoms with Crippen molar-refractivity contribution in [1.29, 1.82) is 0 Å². The molecule has 0 unspecified atom stereocenters. The summed E-state index contributed by atoms with van der Waals surface area (Å²) in [5, 5.41) is 25.4. The van der Waals surface area contributed by atoms with Gasteiger partial charge in [0, 0.05) is 10.0 Å². The molecule has 4 N–H and O–H groups in total. The van der Waals surface area contributed by atoms with Gasteiger partial charge in [0.15, 0.2) is 11.9 Å². The molecule has 29 heavy (non-hydrogen) atoms. The Labute approximate surface area is 173 Å². The molecule has 1 aliphatic heterocycles. The standard InChI is InChI=1S/C16H16BrN5O6S/c17-9-3-1-2-8(4-9)11-12-15(20-6-19-11)22(7-21-12)16-14(24)13(23)10(28-16)5-27-29(18,25)26/h1-4,6-7,10,13-14,16,23-24H,5H2,(H2,18,25,26)/t10-,13-,14-,16-/m1/s1. The zero-order valence-corrected chi connectivity index (χ0v) is 17.1. The van der Waals surface area contributed by atoms with Crippen LogP contribution in [0.2, 0.25) is 0 Å². The number of imidazole rings is 1. The van der Waals surface area contributed by atoms with E-state index < -0.39 is 41.5 Å². The van der Waals surface area contributed by atoms with E-state index in [2.05, 4.69) is 35.1 Å². The summed E-state index contributed by atoms with van der Waals surface area (Å²) >= 11 is 3.42. The lowest BCUT2D eigenvalue weighted by atomic mass is 10.1. The fourth-order valence-corrected chi connectivity index (χ4v) is 3.87. The van der Waals surface area contributed by atoms with Gasteiger partial charge < -0.3 is 14.9 Å². The molecule has 0 spiro atoms. The number of nitrogens with two attached hydrogens (primary N) is 1. The van der Waals surface area contributed by atoms with E-state index in [-0.39, 0.29) is 0 Å². The Morgan fingerprint density at radius 3 is 2.76 bits per heavy atom. The fraction of sp³-hybridized carbons (Fsp3) is 0.312. The van der Waals surface area contributed by atoms with Crippen LogP contribution < -0.4 is 5.14 Å². The van der Waals surface area contributed by atoms with Crippen molar-refractivity contribution in [2.45, 2.75) is 24.5 Å². The van der Waals surface area contributed by atoms with E-state index >= 15 is 0 Å². The maximum atomic E-state index is 11.0. The van der Waals surface area contributed by atoms with Crippen molar-refractivity contribution < 1.29 is 27.6 Å². The molecule has 0 amide bonds. The van der Waals surface area contributed by atoms with Gasteiger partial charge >= 0.3 is 10.3 Å². The molecular weight excluding hydrogens is 470 g/mol. The highest BCUT2D eigenvalue weighted by atomic mass is 79.9. The smallest absolute Gasteiger partial charge is 0.333 e. The third-order valence-electron chi connectivity index (χ3n) is 4.46. The van der Waals surface area contributed by atoms with Gasteiger partial charge in [0.1, 0.15) is 35.8 Å². The van der Waals surface area contributed by atoms with Crippen molar-refractivity contribution in [1.82, 2.24) is 19.5 Å². The van der Waals surface area contributed by atoms with Gasteiger partial charge in [-0.1, -0.05) is 28.1 Å². The van der Waals surface area contributed by atoms with Crippen LogP contribution >= 0.6 is 15.9 Å². The minimum atomic E-state index is -4.21. The Hall–Kier alpha value is -2.00. The second-order valence-corrected chi connectivity index (χ2v) is 8.52. The molecule has 4 atom stereocenters. The lowest BCUT2D eigenvalue weighted by Gasteiger charge is -2.16. The van der Waals surface area contributed by atoms with Gasteiger partial charge in [-0.3, -0.25) is 8.75 Å². The molecular formula is C16H16BrN5O6S. The number of aromatic nitrogens is 4. The van der Waals surface area contributed by atoms with Crippen LogP contribution in [0.1, 0.15) is 6.23 Å². The molecule has 1 saturated heterocycles. The molecule has 0 bridgehead atoms. The highest BCUT2D eigenvalue weighted by Gasteiger charge is 2.45. The summed E-state index contributed by atoms with van der Waals surface area (Å²) in [6.45, 7) is -0.543. The highest BCUT2D eigenvalue weighted by Crippen LogP contribution is 2.33. The number of fused-ring (bicyclic) bond motifs is 1. The second-order valence-electron chi connectivity index (χ2n) is 6.38. The minimum absolute atomic E-state index is 0.374. The predicted octanol–water partition coefficient (Wildman–Crippen LogP) is 0.0951. The van der Waals surface area contributed by atoms with Crippen molar-refractivity contribution in [3.05, 3.63) is 41.4 Å². The van der Waals surface area contributed by atoms with E-state index in [0.29, 0.717) is 16.9 Å². The van der Waals surface area contributed by atoms with E-state index in [1.54, 1.807) is 0 Å². The van der Waals surface area contributed by atoms with Crippen molar-refractivity contribution in [3.8, 4) is 11.3 Å². The largest absolute Gasteiger partial charge is 0.387 e. The Morgan fingerprint density at radius 2 is 2.03 bits per heavy atom. The third kappa shape index (κ3) is 4.02. The van der Waals surface area contributed by atoms with Crippen LogP contribution in [0.5, 0.6) is 0 Å². The molecule has 0 saturated carbocycles. The molecule has 4 rings (SSSR count). The zero-order valence-electron chi connectivity index (χ0n) is 14.7. The average Bonchev–Trinajstić information content (AvgIpc) is 3.21. The van der Waals surface area contributed by atoms with Crippen molar-refractivity contribution in [2.75, 3.05) is 6.61 Å². The number of rotatable bonds is 5. The van der Waals surface area contributed by atoms with Gasteiger partial charge in [0.2, 0.25) is 0 Å². The quantitative estimate of drug-likeness (QED) is 0.454. The average molecular weight is 486 g/mol. The Morgan fingerprint density at radius 1 is 1.24 bits per heavy atom. The molecule has 3 aromatic rings. The monoisotopic (exact) mass is 485 g/mol. The SMILES string of the molecule is NS(=O)(=O)OC[C@H]1O[C@@H](n2cnc3c(-c4cccc(Br)c4)ncnc32)[C@H](O)[C@@H]1O. The maximum Gasteiger partial charge on any atom is 0.333 e. The number of aliphatic hydroxyl groups is 2. The topological polar surface area (TPSA) is 163 Å². The summed E-state index contributed by atoms with van der Waals surface area (Å²) in [7, 11) is -4.21. The summed E-state index contributed by atoms with van der Waals surface area (Å²) in [4.78, 5) is 12.9. The van der Waals surface area contributed by atoms with Gasteiger partial charge in [0.25, 0.3) is 0 Å². The van der Waals surface area contributed by atoms with Crippen LogP contribution in [0.3, 0.4) is 0 Å². The van der Waals surface area contributed by atoms with Gasteiger partial charge in [-0.25, -0.2) is 20.1 Å². The van der Waals surface area contributed by atoms with E-state index in [9.17, 15) is 18.6 Å². The van der Waals surface area contributed by atoms with Crippen LogP contribution in [0, 0.1) is 0 Å². The molecule has 13 heteroatoms. The Bertz CT molecular complexity index is 1160. The van der Waals surface area contributed by atoms with Crippen LogP contribution in [-0.4, -0.2) is 63.1 Å². The Kier molecular flexibility index (Phi) is 5.37. The van der Waals surface area contributed by atoms with Gasteiger partial charge in [-0.05, 0) is 12.1 Å². The van der Waals surface area contributed by atoms with Crippen LogP contribution in [0.25, 0.3) is 22.4 Å². The van der Waals surface area contributed by atoms with E-state index in [1.807, 2.05) is 24.3 Å². The molecule has 2 aromatic heterocycles.